The van der Waals surface area contributed by atoms with Crippen LogP contribution in [-0.2, 0) is 16.6 Å². The van der Waals surface area contributed by atoms with Crippen LogP contribution in [0, 0.1) is 6.92 Å². The summed E-state index contributed by atoms with van der Waals surface area (Å²) in [6.07, 6.45) is 0.668. The predicted molar refractivity (Wildman–Crippen MR) is 95.1 cm³/mol. The van der Waals surface area contributed by atoms with Crippen LogP contribution in [0.15, 0.2) is 48.0 Å². The normalized spacial score (nSPS) is 11.9. The molecular formula is C18H17N3O3S. The number of nitrogens with zero attached hydrogens (tertiary/aromatic N) is 2. The fourth-order valence-electron chi connectivity index (χ4n) is 2.49. The van der Waals surface area contributed by atoms with Gasteiger partial charge in [0.25, 0.3) is 5.91 Å². The van der Waals surface area contributed by atoms with Crippen LogP contribution in [-0.4, -0.2) is 21.4 Å². The number of primary amides is 1. The molecule has 1 atom stereocenters. The zero-order valence-electron chi connectivity index (χ0n) is 13.8. The second-order valence-corrected chi connectivity index (χ2v) is 6.64. The Hall–Kier alpha value is -2.93. The first-order chi connectivity index (χ1) is 12.0. The summed E-state index contributed by atoms with van der Waals surface area (Å²) < 4.78 is 7.02. The van der Waals surface area contributed by atoms with Crippen molar-refractivity contribution >= 4 is 23.2 Å². The number of hydrogen-bond donors (Lipinski definition) is 1. The van der Waals surface area contributed by atoms with Gasteiger partial charge < -0.3 is 15.0 Å². The Kier molecular flexibility index (Phi) is 4.67. The smallest absolute Gasteiger partial charge is 0.356 e. The minimum Gasteiger partial charge on any atom is -0.443 e. The summed E-state index contributed by atoms with van der Waals surface area (Å²) in [5, 5.41) is 2.87. The summed E-state index contributed by atoms with van der Waals surface area (Å²) in [6, 6.07) is 10.4. The van der Waals surface area contributed by atoms with Gasteiger partial charge in [0.2, 0.25) is 6.10 Å². The minimum absolute atomic E-state index is 0.322. The lowest BCUT2D eigenvalue weighted by molar-refractivity contribution is -0.127. The van der Waals surface area contributed by atoms with Gasteiger partial charge in [-0.2, -0.15) is 0 Å². The van der Waals surface area contributed by atoms with Gasteiger partial charge in [-0.05, 0) is 13.0 Å². The van der Waals surface area contributed by atoms with E-state index in [0.717, 1.165) is 16.3 Å². The first kappa shape index (κ1) is 16.9. The third-order valence-corrected chi connectivity index (χ3v) is 4.49. The highest BCUT2D eigenvalue weighted by atomic mass is 32.1. The first-order valence-electron chi connectivity index (χ1n) is 7.60. The molecule has 7 heteroatoms. The lowest BCUT2D eigenvalue weighted by atomic mass is 10.1. The number of carbonyl (C=O) groups excluding carboxylic acids is 2. The monoisotopic (exact) mass is 355 g/mol. The van der Waals surface area contributed by atoms with Crippen molar-refractivity contribution in [2.75, 3.05) is 0 Å². The van der Waals surface area contributed by atoms with Gasteiger partial charge in [0, 0.05) is 29.8 Å². The van der Waals surface area contributed by atoms with Crippen LogP contribution in [0.25, 0.3) is 11.3 Å². The molecule has 3 aromatic rings. The summed E-state index contributed by atoms with van der Waals surface area (Å²) in [7, 11) is 1.74. The Bertz CT molecular complexity index is 915. The van der Waals surface area contributed by atoms with Crippen molar-refractivity contribution in [3.8, 4) is 11.3 Å². The number of aromatic nitrogens is 2. The zero-order chi connectivity index (χ0) is 18.0. The molecule has 0 spiro atoms. The highest BCUT2D eigenvalue weighted by Gasteiger charge is 2.25. The third kappa shape index (κ3) is 3.61. The van der Waals surface area contributed by atoms with Crippen LogP contribution in [0.1, 0.15) is 27.2 Å². The quantitative estimate of drug-likeness (QED) is 0.713. The molecule has 128 valence electrons. The Labute approximate surface area is 148 Å². The standard InChI is InChI=1S/C18H17N3O3S/c1-11-20-14(10-25-11)13-8-15(21(2)9-13)18(23)24-16(17(19)22)12-6-4-3-5-7-12/h3-10,16H,1-2H3,(H2,19,22)/t16-/m1/s1. The van der Waals surface area contributed by atoms with Gasteiger partial charge in [0.1, 0.15) is 5.69 Å². The number of thiazole rings is 1. The molecule has 1 amide bonds. The van der Waals surface area contributed by atoms with Gasteiger partial charge in [0.15, 0.2) is 0 Å². The molecule has 0 bridgehead atoms. The minimum atomic E-state index is -1.13. The molecule has 2 aromatic heterocycles. The number of hydrogen-bond acceptors (Lipinski definition) is 5. The summed E-state index contributed by atoms with van der Waals surface area (Å²) in [4.78, 5) is 28.7. The third-order valence-electron chi connectivity index (χ3n) is 3.71. The van der Waals surface area contributed by atoms with Crippen molar-refractivity contribution in [2.45, 2.75) is 13.0 Å². The lowest BCUT2D eigenvalue weighted by Crippen LogP contribution is -2.26. The molecule has 0 aliphatic rings. The maximum atomic E-state index is 12.5. The first-order valence-corrected chi connectivity index (χ1v) is 8.48. The molecule has 25 heavy (non-hydrogen) atoms. The maximum absolute atomic E-state index is 12.5. The van der Waals surface area contributed by atoms with Gasteiger partial charge >= 0.3 is 5.97 Å². The van der Waals surface area contributed by atoms with E-state index in [1.165, 1.54) is 11.3 Å². The predicted octanol–water partition coefficient (Wildman–Crippen LogP) is 2.84. The van der Waals surface area contributed by atoms with E-state index in [4.69, 9.17) is 10.5 Å². The van der Waals surface area contributed by atoms with Crippen LogP contribution < -0.4 is 5.73 Å². The van der Waals surface area contributed by atoms with Gasteiger partial charge in [-0.15, -0.1) is 11.3 Å². The molecule has 0 radical (unpaired) electrons. The highest BCUT2D eigenvalue weighted by molar-refractivity contribution is 7.09. The molecule has 1 aromatic carbocycles. The van der Waals surface area contributed by atoms with E-state index < -0.39 is 18.0 Å². The Morgan fingerprint density at radius 1 is 1.28 bits per heavy atom. The molecular weight excluding hydrogens is 338 g/mol. The number of nitrogens with two attached hydrogens (primary N) is 1. The highest BCUT2D eigenvalue weighted by Crippen LogP contribution is 2.25. The van der Waals surface area contributed by atoms with E-state index in [1.807, 2.05) is 18.4 Å². The number of esters is 1. The molecule has 2 N–H and O–H groups in total. The number of amides is 1. The SMILES string of the molecule is Cc1nc(-c2cc(C(=O)O[C@@H](C(N)=O)c3ccccc3)n(C)c2)cs1. The van der Waals surface area contributed by atoms with E-state index in [1.54, 1.807) is 48.1 Å². The Morgan fingerprint density at radius 2 is 2.00 bits per heavy atom. The number of rotatable bonds is 5. The second-order valence-electron chi connectivity index (χ2n) is 5.58. The summed E-state index contributed by atoms with van der Waals surface area (Å²) in [6.45, 7) is 1.92. The maximum Gasteiger partial charge on any atom is 0.356 e. The fraction of sp³-hybridized carbons (Fsp3) is 0.167. The van der Waals surface area contributed by atoms with E-state index in [2.05, 4.69) is 4.98 Å². The summed E-state index contributed by atoms with van der Waals surface area (Å²) >= 11 is 1.54. The lowest BCUT2D eigenvalue weighted by Gasteiger charge is -2.15. The van der Waals surface area contributed by atoms with E-state index in [-0.39, 0.29) is 0 Å². The number of benzene rings is 1. The Balaban J connectivity index is 1.85. The van der Waals surface area contributed by atoms with E-state index in [9.17, 15) is 9.59 Å². The fourth-order valence-corrected chi connectivity index (χ4v) is 3.11. The average Bonchev–Trinajstić information content (AvgIpc) is 3.18. The number of ether oxygens (including phenoxy) is 1. The number of aryl methyl sites for hydroxylation is 2. The van der Waals surface area contributed by atoms with E-state index in [0.29, 0.717) is 11.3 Å². The van der Waals surface area contributed by atoms with Crippen molar-refractivity contribution in [3.63, 3.8) is 0 Å². The van der Waals surface area contributed by atoms with Crippen LogP contribution in [0.4, 0.5) is 0 Å². The van der Waals surface area contributed by atoms with Gasteiger partial charge in [-0.1, -0.05) is 30.3 Å². The summed E-state index contributed by atoms with van der Waals surface area (Å²) in [5.74, 6) is -1.34. The summed E-state index contributed by atoms with van der Waals surface area (Å²) in [5.41, 5.74) is 7.87. The van der Waals surface area contributed by atoms with Crippen molar-refractivity contribution in [3.05, 3.63) is 64.2 Å². The zero-order valence-corrected chi connectivity index (χ0v) is 14.6. The molecule has 0 aliphatic heterocycles. The second kappa shape index (κ2) is 6.90. The van der Waals surface area contributed by atoms with Crippen molar-refractivity contribution in [1.82, 2.24) is 9.55 Å². The van der Waals surface area contributed by atoms with Crippen LogP contribution in [0.5, 0.6) is 0 Å². The van der Waals surface area contributed by atoms with Crippen molar-refractivity contribution in [1.29, 1.82) is 0 Å². The molecule has 2 heterocycles. The molecule has 6 nitrogen and oxygen atoms in total. The topological polar surface area (TPSA) is 87.2 Å². The molecule has 0 unspecified atom stereocenters. The van der Waals surface area contributed by atoms with E-state index >= 15 is 0 Å². The van der Waals surface area contributed by atoms with Gasteiger partial charge in [0.05, 0.1) is 10.7 Å². The largest absolute Gasteiger partial charge is 0.443 e. The van der Waals surface area contributed by atoms with Crippen molar-refractivity contribution in [2.24, 2.45) is 12.8 Å². The van der Waals surface area contributed by atoms with Crippen LogP contribution in [0.2, 0.25) is 0 Å². The van der Waals surface area contributed by atoms with Gasteiger partial charge in [-0.3, -0.25) is 4.79 Å². The Morgan fingerprint density at radius 3 is 2.60 bits per heavy atom. The van der Waals surface area contributed by atoms with Crippen LogP contribution in [0.3, 0.4) is 0 Å². The molecule has 3 rings (SSSR count). The van der Waals surface area contributed by atoms with Crippen molar-refractivity contribution < 1.29 is 14.3 Å². The molecule has 0 fully saturated rings. The van der Waals surface area contributed by atoms with Gasteiger partial charge in [-0.25, -0.2) is 9.78 Å². The molecule has 0 aliphatic carbocycles. The number of carbonyl (C=O) groups is 2. The van der Waals surface area contributed by atoms with Crippen LogP contribution >= 0.6 is 11.3 Å². The average molecular weight is 355 g/mol. The molecule has 0 saturated carbocycles. The molecule has 0 saturated heterocycles.